The number of anilines is 1. The van der Waals surface area contributed by atoms with Gasteiger partial charge in [-0.1, -0.05) is 5.16 Å². The Hall–Kier alpha value is -4.05. The Balaban J connectivity index is 1.37. The van der Waals surface area contributed by atoms with Crippen LogP contribution in [0.15, 0.2) is 48.0 Å². The summed E-state index contributed by atoms with van der Waals surface area (Å²) in [5, 5.41) is 17.8. The molecule has 6 rings (SSSR count). The van der Waals surface area contributed by atoms with E-state index in [9.17, 15) is 4.39 Å². The number of nitrogens with zero attached hydrogens (tertiary/aromatic N) is 4. The summed E-state index contributed by atoms with van der Waals surface area (Å²) in [7, 11) is 1.74. The second kappa shape index (κ2) is 8.31. The fourth-order valence-electron chi connectivity index (χ4n) is 5.39. The summed E-state index contributed by atoms with van der Waals surface area (Å²) in [6, 6.07) is 8.72. The highest BCUT2D eigenvalue weighted by atomic mass is 19.1. The molecule has 2 fully saturated rings. The van der Waals surface area contributed by atoms with Crippen LogP contribution in [0.3, 0.4) is 0 Å². The first-order chi connectivity index (χ1) is 17.0. The Morgan fingerprint density at radius 3 is 3.00 bits per heavy atom. The minimum Gasteiger partial charge on any atom is -0.386 e. The average Bonchev–Trinajstić information content (AvgIpc) is 3.55. The Morgan fingerprint density at radius 2 is 2.23 bits per heavy atom. The summed E-state index contributed by atoms with van der Waals surface area (Å²) < 4.78 is 14.5. The molecule has 2 aromatic carbocycles. The number of rotatable bonds is 5. The second-order valence-electron chi connectivity index (χ2n) is 9.16. The summed E-state index contributed by atoms with van der Waals surface area (Å²) in [6.07, 6.45) is 6.59. The zero-order valence-electron chi connectivity index (χ0n) is 19.1. The topological polar surface area (TPSA) is 128 Å². The molecule has 4 aromatic rings. The van der Waals surface area contributed by atoms with Crippen molar-refractivity contribution in [3.8, 4) is 5.75 Å². The van der Waals surface area contributed by atoms with E-state index in [0.29, 0.717) is 45.4 Å². The largest absolute Gasteiger partial charge is 0.386 e. The van der Waals surface area contributed by atoms with Crippen molar-refractivity contribution in [1.82, 2.24) is 19.9 Å². The van der Waals surface area contributed by atoms with Crippen molar-refractivity contribution in [3.05, 3.63) is 59.9 Å². The highest BCUT2D eigenvalue weighted by Gasteiger charge is 2.44. The molecule has 0 amide bonds. The Morgan fingerprint density at radius 1 is 1.34 bits per heavy atom. The first-order valence-electron chi connectivity index (χ1n) is 11.6. The molecule has 2 bridgehead atoms. The van der Waals surface area contributed by atoms with Crippen molar-refractivity contribution >= 4 is 39.5 Å². The van der Waals surface area contributed by atoms with Crippen LogP contribution in [0.2, 0.25) is 0 Å². The monoisotopic (exact) mass is 472 g/mol. The van der Waals surface area contributed by atoms with Gasteiger partial charge in [-0.15, -0.1) is 0 Å². The van der Waals surface area contributed by atoms with Crippen molar-refractivity contribution in [3.63, 3.8) is 0 Å². The van der Waals surface area contributed by atoms with Crippen molar-refractivity contribution in [2.75, 3.05) is 18.9 Å². The number of hydrogen-bond acceptors (Lipinski definition) is 7. The Bertz CT molecular complexity index is 1480. The Kier molecular flexibility index (Phi) is 5.10. The summed E-state index contributed by atoms with van der Waals surface area (Å²) in [5.74, 6) is 0.866. The molecule has 1 aliphatic carbocycles. The van der Waals surface area contributed by atoms with Gasteiger partial charge < -0.3 is 25.8 Å². The lowest BCUT2D eigenvalue weighted by atomic mass is 10.0. The smallest absolute Gasteiger partial charge is 0.160 e. The number of amidine groups is 1. The van der Waals surface area contributed by atoms with Crippen LogP contribution in [0.25, 0.3) is 21.8 Å². The minimum atomic E-state index is -0.377. The number of likely N-dealkylation sites (tertiary alicyclic amines) is 1. The molecule has 1 saturated carbocycles. The van der Waals surface area contributed by atoms with Gasteiger partial charge in [0.15, 0.2) is 5.75 Å². The molecule has 3 atom stereocenters. The van der Waals surface area contributed by atoms with Gasteiger partial charge in [-0.2, -0.15) is 0 Å². The van der Waals surface area contributed by atoms with Crippen LogP contribution in [0.1, 0.15) is 24.1 Å². The van der Waals surface area contributed by atoms with E-state index in [1.54, 1.807) is 25.4 Å². The van der Waals surface area contributed by atoms with Gasteiger partial charge in [0.1, 0.15) is 18.0 Å². The molecule has 9 nitrogen and oxygen atoms in total. The van der Waals surface area contributed by atoms with Gasteiger partial charge >= 0.3 is 0 Å². The van der Waals surface area contributed by atoms with Crippen molar-refractivity contribution in [1.29, 1.82) is 5.41 Å². The van der Waals surface area contributed by atoms with Crippen LogP contribution >= 0.6 is 0 Å². The predicted molar refractivity (Wildman–Crippen MR) is 134 cm³/mol. The molecule has 3 heterocycles. The molecule has 0 spiro atoms. The zero-order chi connectivity index (χ0) is 24.1. The summed E-state index contributed by atoms with van der Waals surface area (Å²) in [5.41, 5.74) is 9.45. The maximum absolute atomic E-state index is 14.5. The van der Waals surface area contributed by atoms with Gasteiger partial charge in [-0.3, -0.25) is 5.41 Å². The maximum Gasteiger partial charge on any atom is 0.160 e. The molecule has 10 heteroatoms. The first-order valence-corrected chi connectivity index (χ1v) is 11.6. The number of halogens is 1. The number of oxime groups is 1. The second-order valence-corrected chi connectivity index (χ2v) is 9.16. The predicted octanol–water partition coefficient (Wildman–Crippen LogP) is 3.45. The standard InChI is InChI=1S/C25H25FN8O/c1-29-21-6-15(26)5-18-23(25(28)34-11-14-4-16(34)7-19(14)27)22(33-24(18)21)10-32-35-17-3-2-13-9-30-12-31-20(13)8-17/h2-3,5-6,8-10,12,14,16,19,28-29,33H,4,7,11,27H2,1H3. The third-order valence-electron chi connectivity index (χ3n) is 7.11. The van der Waals surface area contributed by atoms with E-state index in [0.717, 1.165) is 30.3 Å². The zero-order valence-corrected chi connectivity index (χ0v) is 19.1. The summed E-state index contributed by atoms with van der Waals surface area (Å²) in [6.45, 7) is 0.734. The fourth-order valence-corrected chi connectivity index (χ4v) is 5.39. The van der Waals surface area contributed by atoms with Gasteiger partial charge in [-0.05, 0) is 43.0 Å². The molecule has 1 saturated heterocycles. The molecule has 178 valence electrons. The van der Waals surface area contributed by atoms with Crippen LogP contribution in [0.5, 0.6) is 5.75 Å². The van der Waals surface area contributed by atoms with Gasteiger partial charge in [0.25, 0.3) is 0 Å². The quantitative estimate of drug-likeness (QED) is 0.200. The van der Waals surface area contributed by atoms with Crippen LogP contribution < -0.4 is 15.9 Å². The minimum absolute atomic E-state index is 0.182. The number of fused-ring (bicyclic) bond motifs is 4. The molecular formula is C25H25FN8O. The lowest BCUT2D eigenvalue weighted by Crippen LogP contribution is -2.44. The van der Waals surface area contributed by atoms with Crippen molar-refractivity contribution < 1.29 is 9.23 Å². The highest BCUT2D eigenvalue weighted by Crippen LogP contribution is 2.39. The van der Waals surface area contributed by atoms with Crippen molar-refractivity contribution in [2.24, 2.45) is 16.8 Å². The summed E-state index contributed by atoms with van der Waals surface area (Å²) >= 11 is 0. The number of benzene rings is 2. The van der Waals surface area contributed by atoms with E-state index in [-0.39, 0.29) is 17.9 Å². The molecule has 35 heavy (non-hydrogen) atoms. The van der Waals surface area contributed by atoms with Gasteiger partial charge in [-0.25, -0.2) is 14.4 Å². The van der Waals surface area contributed by atoms with Gasteiger partial charge in [0, 0.05) is 48.7 Å². The van der Waals surface area contributed by atoms with Gasteiger partial charge in [0.2, 0.25) is 0 Å². The van der Waals surface area contributed by atoms with Gasteiger partial charge in [0.05, 0.1) is 34.2 Å². The van der Waals surface area contributed by atoms with E-state index in [1.807, 2.05) is 6.07 Å². The molecule has 2 aromatic heterocycles. The van der Waals surface area contributed by atoms with Crippen LogP contribution in [0.4, 0.5) is 10.1 Å². The third kappa shape index (κ3) is 3.66. The SMILES string of the molecule is CNc1cc(F)cc2c(C(=N)N3CC4CC3CC4N)c(C=NOc3ccc4cncnc4c3)[nH]c12. The van der Waals surface area contributed by atoms with Crippen LogP contribution in [0, 0.1) is 17.1 Å². The molecule has 2 aliphatic rings. The number of H-pyrrole nitrogens is 1. The summed E-state index contributed by atoms with van der Waals surface area (Å²) in [4.78, 5) is 19.3. The third-order valence-corrected chi connectivity index (χ3v) is 7.11. The lowest BCUT2D eigenvalue weighted by molar-refractivity contribution is 0.301. The number of hydrogen-bond donors (Lipinski definition) is 4. The first kappa shape index (κ1) is 21.5. The van der Waals surface area contributed by atoms with Crippen molar-refractivity contribution in [2.45, 2.75) is 24.9 Å². The van der Waals surface area contributed by atoms with Crippen LogP contribution in [-0.4, -0.2) is 57.6 Å². The van der Waals surface area contributed by atoms with E-state index < -0.39 is 0 Å². The normalized spacial score (nSPS) is 21.5. The lowest BCUT2D eigenvalue weighted by Gasteiger charge is -2.32. The average molecular weight is 473 g/mol. The molecule has 3 unspecified atom stereocenters. The number of piperidine rings is 1. The number of nitrogens with two attached hydrogens (primary N) is 1. The number of nitrogens with one attached hydrogen (secondary N) is 3. The number of aromatic nitrogens is 3. The molecule has 5 N–H and O–H groups in total. The number of aromatic amines is 1. The Labute approximate surface area is 200 Å². The molecular weight excluding hydrogens is 447 g/mol. The van der Waals surface area contributed by atoms with Crippen LogP contribution in [-0.2, 0) is 0 Å². The van der Waals surface area contributed by atoms with E-state index in [2.05, 4.69) is 30.3 Å². The van der Waals surface area contributed by atoms with E-state index in [1.165, 1.54) is 24.7 Å². The maximum atomic E-state index is 14.5. The molecule has 0 radical (unpaired) electrons. The fraction of sp³-hybridized carbons (Fsp3) is 0.280. The highest BCUT2D eigenvalue weighted by molar-refractivity contribution is 6.15. The van der Waals surface area contributed by atoms with E-state index >= 15 is 0 Å². The molecule has 1 aliphatic heterocycles. The van der Waals surface area contributed by atoms with E-state index in [4.69, 9.17) is 16.0 Å².